The lowest BCUT2D eigenvalue weighted by atomic mass is 10.2. The van der Waals surface area contributed by atoms with Crippen molar-refractivity contribution in [3.05, 3.63) is 60.9 Å². The molecule has 112 valence electrons. The van der Waals surface area contributed by atoms with Gasteiger partial charge in [-0.05, 0) is 25.5 Å². The van der Waals surface area contributed by atoms with Gasteiger partial charge >= 0.3 is 0 Å². The molecule has 2 aromatic heterocycles. The minimum atomic E-state index is -0.193. The molecule has 4 nitrogen and oxygen atoms in total. The minimum Gasteiger partial charge on any atom is -0.267 e. The molecule has 0 amide bonds. The third-order valence-corrected chi connectivity index (χ3v) is 5.32. The molecule has 0 aliphatic rings. The summed E-state index contributed by atoms with van der Waals surface area (Å²) >= 11 is 13.6. The van der Waals surface area contributed by atoms with Crippen LogP contribution < -0.4 is 5.56 Å². The summed E-state index contributed by atoms with van der Waals surface area (Å²) in [6, 6.07) is 5.24. The van der Waals surface area contributed by atoms with Crippen LogP contribution in [0.5, 0.6) is 0 Å². The Morgan fingerprint density at radius 1 is 1.32 bits per heavy atom. The predicted molar refractivity (Wildman–Crippen MR) is 92.8 cm³/mol. The van der Waals surface area contributed by atoms with Gasteiger partial charge in [-0.25, -0.2) is 4.98 Å². The van der Waals surface area contributed by atoms with Gasteiger partial charge in [0.15, 0.2) is 0 Å². The average Bonchev–Trinajstić information content (AvgIpc) is 2.78. The second kappa shape index (κ2) is 5.83. The number of fused-ring (bicyclic) bond motifs is 1. The highest BCUT2D eigenvalue weighted by molar-refractivity contribution is 7.18. The Morgan fingerprint density at radius 2 is 2.09 bits per heavy atom. The number of hydrogen-bond acceptors (Lipinski definition) is 4. The van der Waals surface area contributed by atoms with Crippen molar-refractivity contribution in [1.29, 1.82) is 0 Å². The molecule has 0 saturated heterocycles. The maximum absolute atomic E-state index is 12.5. The fraction of sp³-hybridized carbons (Fsp3) is 0.133. The van der Waals surface area contributed by atoms with E-state index in [-0.39, 0.29) is 5.56 Å². The molecule has 0 atom stereocenters. The monoisotopic (exact) mass is 351 g/mol. The summed E-state index contributed by atoms with van der Waals surface area (Å²) < 4.78 is 1.21. The quantitative estimate of drug-likeness (QED) is 0.647. The molecule has 2 heterocycles. The molecular weight excluding hydrogens is 341 g/mol. The number of aromatic nitrogens is 2. The molecule has 0 aliphatic carbocycles. The van der Waals surface area contributed by atoms with Crippen LogP contribution in [0.1, 0.15) is 16.0 Å². The van der Waals surface area contributed by atoms with Gasteiger partial charge in [0.05, 0.1) is 21.6 Å². The lowest BCUT2D eigenvalue weighted by Gasteiger charge is -2.01. The minimum absolute atomic E-state index is 0.193. The van der Waals surface area contributed by atoms with Crippen molar-refractivity contribution >= 4 is 51.0 Å². The first-order valence-electron chi connectivity index (χ1n) is 6.44. The van der Waals surface area contributed by atoms with E-state index in [1.807, 2.05) is 13.8 Å². The maximum Gasteiger partial charge on any atom is 0.282 e. The largest absolute Gasteiger partial charge is 0.282 e. The lowest BCUT2D eigenvalue weighted by molar-refractivity contribution is 0.818. The molecule has 22 heavy (non-hydrogen) atoms. The van der Waals surface area contributed by atoms with Gasteiger partial charge in [-0.3, -0.25) is 4.79 Å². The van der Waals surface area contributed by atoms with E-state index in [4.69, 9.17) is 23.2 Å². The summed E-state index contributed by atoms with van der Waals surface area (Å²) in [5.41, 5.74) is 1.39. The molecule has 0 saturated carbocycles. The van der Waals surface area contributed by atoms with E-state index in [2.05, 4.69) is 10.1 Å². The van der Waals surface area contributed by atoms with Crippen LogP contribution in [0.15, 0.2) is 34.4 Å². The first-order chi connectivity index (χ1) is 10.5. The van der Waals surface area contributed by atoms with E-state index in [9.17, 15) is 4.79 Å². The van der Waals surface area contributed by atoms with Gasteiger partial charge in [0.1, 0.15) is 11.2 Å². The molecule has 3 aromatic rings. The van der Waals surface area contributed by atoms with Crippen LogP contribution in [0, 0.1) is 13.8 Å². The SMILES string of the molecule is Cc1sc2ncn(N=Cc3cccc(Cl)c3Cl)c(=O)c2c1C. The van der Waals surface area contributed by atoms with Crippen LogP contribution in [0.25, 0.3) is 10.2 Å². The zero-order valence-corrected chi connectivity index (χ0v) is 14.1. The summed E-state index contributed by atoms with van der Waals surface area (Å²) in [6.07, 6.45) is 2.91. The number of nitrogens with zero attached hydrogens (tertiary/aromatic N) is 3. The highest BCUT2D eigenvalue weighted by atomic mass is 35.5. The van der Waals surface area contributed by atoms with Crippen LogP contribution in [-0.4, -0.2) is 15.9 Å². The number of rotatable bonds is 2. The number of aryl methyl sites for hydroxylation is 2. The Bertz CT molecular complexity index is 959. The van der Waals surface area contributed by atoms with E-state index in [1.165, 1.54) is 28.6 Å². The van der Waals surface area contributed by atoms with Crippen molar-refractivity contribution in [3.8, 4) is 0 Å². The number of benzene rings is 1. The van der Waals surface area contributed by atoms with Crippen molar-refractivity contribution in [2.45, 2.75) is 13.8 Å². The van der Waals surface area contributed by atoms with E-state index < -0.39 is 0 Å². The molecule has 0 radical (unpaired) electrons. The van der Waals surface area contributed by atoms with Gasteiger partial charge in [0, 0.05) is 10.4 Å². The second-order valence-electron chi connectivity index (χ2n) is 4.75. The number of thiophene rings is 1. The van der Waals surface area contributed by atoms with Gasteiger partial charge in [-0.1, -0.05) is 35.3 Å². The zero-order chi connectivity index (χ0) is 15.9. The number of halogens is 2. The summed E-state index contributed by atoms with van der Waals surface area (Å²) in [7, 11) is 0. The molecule has 7 heteroatoms. The molecule has 0 bridgehead atoms. The average molecular weight is 352 g/mol. The Balaban J connectivity index is 2.10. The predicted octanol–water partition coefficient (Wildman–Crippen LogP) is 4.26. The second-order valence-corrected chi connectivity index (χ2v) is 6.73. The van der Waals surface area contributed by atoms with Gasteiger partial charge in [0.2, 0.25) is 0 Å². The fourth-order valence-corrected chi connectivity index (χ4v) is 3.40. The van der Waals surface area contributed by atoms with Crippen molar-refractivity contribution in [3.63, 3.8) is 0 Å². The van der Waals surface area contributed by atoms with Crippen molar-refractivity contribution in [1.82, 2.24) is 9.66 Å². The summed E-state index contributed by atoms with van der Waals surface area (Å²) in [4.78, 5) is 18.6. The first kappa shape index (κ1) is 15.2. The molecule has 0 spiro atoms. The molecule has 0 fully saturated rings. The Kier molecular flexibility index (Phi) is 4.04. The van der Waals surface area contributed by atoms with Crippen LogP contribution in [-0.2, 0) is 0 Å². The van der Waals surface area contributed by atoms with Crippen LogP contribution in [0.3, 0.4) is 0 Å². The van der Waals surface area contributed by atoms with Gasteiger partial charge < -0.3 is 0 Å². The Labute approximate surface area is 140 Å². The number of hydrogen-bond donors (Lipinski definition) is 0. The molecule has 1 aromatic carbocycles. The molecule has 0 unspecified atom stereocenters. The molecular formula is C15H11Cl2N3OS. The highest BCUT2D eigenvalue weighted by Gasteiger charge is 2.11. The molecule has 3 rings (SSSR count). The van der Waals surface area contributed by atoms with E-state index in [0.29, 0.717) is 21.0 Å². The summed E-state index contributed by atoms with van der Waals surface area (Å²) in [5.74, 6) is 0. The summed E-state index contributed by atoms with van der Waals surface area (Å²) in [6.45, 7) is 3.89. The van der Waals surface area contributed by atoms with Crippen molar-refractivity contribution < 1.29 is 0 Å². The summed E-state index contributed by atoms with van der Waals surface area (Å²) in [5, 5.41) is 5.61. The Hall–Kier alpha value is -1.69. The van der Waals surface area contributed by atoms with Crippen LogP contribution in [0.4, 0.5) is 0 Å². The van der Waals surface area contributed by atoms with Crippen LogP contribution in [0.2, 0.25) is 10.0 Å². The standard InChI is InChI=1S/C15H11Cl2N3OS/c1-8-9(2)22-14-12(8)15(21)20(7-18-14)19-6-10-4-3-5-11(16)13(10)17/h3-7H,1-2H3. The van der Waals surface area contributed by atoms with E-state index in [1.54, 1.807) is 18.2 Å². The normalized spacial score (nSPS) is 11.6. The highest BCUT2D eigenvalue weighted by Crippen LogP contribution is 2.26. The third-order valence-electron chi connectivity index (χ3n) is 3.38. The topological polar surface area (TPSA) is 47.2 Å². The van der Waals surface area contributed by atoms with Gasteiger partial charge in [-0.2, -0.15) is 9.78 Å². The van der Waals surface area contributed by atoms with Crippen molar-refractivity contribution in [2.75, 3.05) is 0 Å². The lowest BCUT2D eigenvalue weighted by Crippen LogP contribution is -2.17. The van der Waals surface area contributed by atoms with Gasteiger partial charge in [0.25, 0.3) is 5.56 Å². The molecule has 0 N–H and O–H groups in total. The van der Waals surface area contributed by atoms with E-state index in [0.717, 1.165) is 15.3 Å². The van der Waals surface area contributed by atoms with Crippen LogP contribution >= 0.6 is 34.5 Å². The smallest absolute Gasteiger partial charge is 0.267 e. The third kappa shape index (κ3) is 2.56. The first-order valence-corrected chi connectivity index (χ1v) is 8.02. The van der Waals surface area contributed by atoms with E-state index >= 15 is 0 Å². The van der Waals surface area contributed by atoms with Crippen molar-refractivity contribution in [2.24, 2.45) is 5.10 Å². The fourth-order valence-electron chi connectivity index (χ4n) is 2.05. The van der Waals surface area contributed by atoms with Gasteiger partial charge in [-0.15, -0.1) is 11.3 Å². The zero-order valence-electron chi connectivity index (χ0n) is 11.8. The molecule has 0 aliphatic heterocycles. The maximum atomic E-state index is 12.5. The Morgan fingerprint density at radius 3 is 2.86 bits per heavy atom.